The Morgan fingerprint density at radius 1 is 1.12 bits per heavy atom. The number of methoxy groups -OCH3 is 2. The van der Waals surface area contributed by atoms with Gasteiger partial charge in [0, 0.05) is 12.7 Å². The van der Waals surface area contributed by atoms with Crippen LogP contribution in [0.1, 0.15) is 16.1 Å². The molecule has 0 saturated heterocycles. The van der Waals surface area contributed by atoms with Gasteiger partial charge in [-0.05, 0) is 35.9 Å². The molecule has 0 spiro atoms. The molecule has 0 aliphatic heterocycles. The normalized spacial score (nSPS) is 11.3. The van der Waals surface area contributed by atoms with Crippen molar-refractivity contribution in [2.75, 3.05) is 27.4 Å². The predicted molar refractivity (Wildman–Crippen MR) is 83.3 cm³/mol. The second-order valence-electron chi connectivity index (χ2n) is 5.11. The molecule has 5 nitrogen and oxygen atoms in total. The molecule has 0 saturated carbocycles. The highest BCUT2D eigenvalue weighted by atomic mass is 19.4. The summed E-state index contributed by atoms with van der Waals surface area (Å²) in [5, 5.41) is 0. The van der Waals surface area contributed by atoms with Crippen LogP contribution in [0.5, 0.6) is 5.88 Å². The van der Waals surface area contributed by atoms with E-state index in [1.165, 1.54) is 13.2 Å². The Hall–Kier alpha value is -2.68. The van der Waals surface area contributed by atoms with Crippen LogP contribution in [0.4, 0.5) is 17.6 Å². The molecule has 1 heterocycles. The van der Waals surface area contributed by atoms with E-state index in [0.717, 1.165) is 31.4 Å². The summed E-state index contributed by atoms with van der Waals surface area (Å²) in [5.74, 6) is -1.89. The lowest BCUT2D eigenvalue weighted by atomic mass is 10.0. The van der Waals surface area contributed by atoms with Gasteiger partial charge in [0.1, 0.15) is 18.1 Å². The van der Waals surface area contributed by atoms with Crippen LogP contribution in [0.3, 0.4) is 0 Å². The van der Waals surface area contributed by atoms with Crippen molar-refractivity contribution in [1.29, 1.82) is 0 Å². The molecule has 0 unspecified atom stereocenters. The minimum Gasteiger partial charge on any atom is -0.475 e. The fourth-order valence-electron chi connectivity index (χ4n) is 2.13. The Kier molecular flexibility index (Phi) is 6.14. The second-order valence-corrected chi connectivity index (χ2v) is 5.11. The van der Waals surface area contributed by atoms with Crippen molar-refractivity contribution in [3.63, 3.8) is 0 Å². The van der Waals surface area contributed by atoms with E-state index < -0.39 is 23.7 Å². The summed E-state index contributed by atoms with van der Waals surface area (Å²) in [6.07, 6.45) is -4.67. The van der Waals surface area contributed by atoms with Crippen LogP contribution in [0.15, 0.2) is 30.3 Å². The maximum absolute atomic E-state index is 13.8. The van der Waals surface area contributed by atoms with Gasteiger partial charge in [0.25, 0.3) is 0 Å². The molecular formula is C17H15F4NO4. The van der Waals surface area contributed by atoms with Gasteiger partial charge in [-0.2, -0.15) is 13.2 Å². The fourth-order valence-corrected chi connectivity index (χ4v) is 2.13. The molecule has 0 radical (unpaired) electrons. The lowest BCUT2D eigenvalue weighted by molar-refractivity contribution is -0.141. The van der Waals surface area contributed by atoms with Crippen molar-refractivity contribution < 1.29 is 36.6 Å². The highest BCUT2D eigenvalue weighted by Crippen LogP contribution is 2.35. The molecule has 2 aromatic rings. The average molecular weight is 373 g/mol. The summed E-state index contributed by atoms with van der Waals surface area (Å²) in [6.45, 7) is 0.0604. The maximum Gasteiger partial charge on any atom is 0.433 e. The van der Waals surface area contributed by atoms with Crippen molar-refractivity contribution in [1.82, 2.24) is 4.98 Å². The molecule has 0 aliphatic carbocycles. The minimum absolute atomic E-state index is 0.0585. The molecule has 0 fully saturated rings. The number of aromatic nitrogens is 1. The number of benzene rings is 1. The summed E-state index contributed by atoms with van der Waals surface area (Å²) in [7, 11) is 2.53. The van der Waals surface area contributed by atoms with Crippen LogP contribution in [-0.2, 0) is 15.7 Å². The number of ether oxygens (including phenoxy) is 3. The van der Waals surface area contributed by atoms with Gasteiger partial charge >= 0.3 is 12.1 Å². The molecular weight excluding hydrogens is 358 g/mol. The maximum atomic E-state index is 13.8. The minimum atomic E-state index is -4.67. The number of hydrogen-bond donors (Lipinski definition) is 0. The Morgan fingerprint density at radius 2 is 1.85 bits per heavy atom. The first-order chi connectivity index (χ1) is 12.3. The van der Waals surface area contributed by atoms with Gasteiger partial charge in [-0.1, -0.05) is 0 Å². The van der Waals surface area contributed by atoms with Crippen LogP contribution in [0.25, 0.3) is 11.1 Å². The van der Waals surface area contributed by atoms with E-state index in [2.05, 4.69) is 9.72 Å². The molecule has 140 valence electrons. The van der Waals surface area contributed by atoms with E-state index in [9.17, 15) is 22.4 Å². The van der Waals surface area contributed by atoms with Gasteiger partial charge in [0.15, 0.2) is 0 Å². The molecule has 1 aromatic heterocycles. The first kappa shape index (κ1) is 19.6. The molecule has 0 atom stereocenters. The standard InChI is InChI=1S/C17H15F4NO4/c1-24-5-6-26-15-13(3-4-14(22-15)17(19,20)21)10-7-11(16(23)25-2)9-12(18)8-10/h3-4,7-9H,5-6H2,1-2H3. The van der Waals surface area contributed by atoms with E-state index in [1.807, 2.05) is 0 Å². The van der Waals surface area contributed by atoms with E-state index in [1.54, 1.807) is 0 Å². The number of pyridine rings is 1. The largest absolute Gasteiger partial charge is 0.475 e. The zero-order valence-electron chi connectivity index (χ0n) is 13.9. The number of hydrogen-bond acceptors (Lipinski definition) is 5. The van der Waals surface area contributed by atoms with Crippen molar-refractivity contribution >= 4 is 5.97 Å². The molecule has 0 bridgehead atoms. The number of carbonyl (C=O) groups is 1. The van der Waals surface area contributed by atoms with Crippen molar-refractivity contribution in [2.45, 2.75) is 6.18 Å². The lowest BCUT2D eigenvalue weighted by Crippen LogP contribution is -2.12. The summed E-state index contributed by atoms with van der Waals surface area (Å²) >= 11 is 0. The average Bonchev–Trinajstić information content (AvgIpc) is 2.59. The number of esters is 1. The van der Waals surface area contributed by atoms with Crippen LogP contribution in [0.2, 0.25) is 0 Å². The summed E-state index contributed by atoms with van der Waals surface area (Å²) in [4.78, 5) is 15.1. The first-order valence-corrected chi connectivity index (χ1v) is 7.35. The van der Waals surface area contributed by atoms with Gasteiger partial charge in [-0.3, -0.25) is 0 Å². The van der Waals surface area contributed by atoms with Crippen LogP contribution < -0.4 is 4.74 Å². The van der Waals surface area contributed by atoms with Gasteiger partial charge in [-0.15, -0.1) is 0 Å². The third-order valence-electron chi connectivity index (χ3n) is 3.31. The Bertz CT molecular complexity index is 793. The molecule has 1 aromatic carbocycles. The van der Waals surface area contributed by atoms with E-state index in [4.69, 9.17) is 9.47 Å². The van der Waals surface area contributed by atoms with Crippen molar-refractivity contribution in [3.05, 3.63) is 47.4 Å². The molecule has 0 amide bonds. The van der Waals surface area contributed by atoms with Crippen molar-refractivity contribution in [2.24, 2.45) is 0 Å². The zero-order valence-corrected chi connectivity index (χ0v) is 13.9. The van der Waals surface area contributed by atoms with Gasteiger partial charge < -0.3 is 14.2 Å². The molecule has 2 rings (SSSR count). The quantitative estimate of drug-likeness (QED) is 0.439. The molecule has 0 aliphatic rings. The Labute approximate surface area is 146 Å². The van der Waals surface area contributed by atoms with Crippen LogP contribution in [0, 0.1) is 5.82 Å². The molecule has 26 heavy (non-hydrogen) atoms. The Balaban J connectivity index is 2.53. The monoisotopic (exact) mass is 373 g/mol. The van der Waals surface area contributed by atoms with Crippen LogP contribution in [-0.4, -0.2) is 38.4 Å². The second kappa shape index (κ2) is 8.13. The first-order valence-electron chi connectivity index (χ1n) is 7.35. The van der Waals surface area contributed by atoms with Gasteiger partial charge in [-0.25, -0.2) is 14.2 Å². The van der Waals surface area contributed by atoms with E-state index in [-0.39, 0.29) is 35.8 Å². The summed E-state index contributed by atoms with van der Waals surface area (Å²) in [5.41, 5.74) is -1.03. The Morgan fingerprint density at radius 3 is 2.46 bits per heavy atom. The van der Waals surface area contributed by atoms with Gasteiger partial charge in [0.05, 0.1) is 19.3 Å². The number of nitrogens with zero attached hydrogens (tertiary/aromatic N) is 1. The zero-order chi connectivity index (χ0) is 19.3. The number of halogens is 4. The topological polar surface area (TPSA) is 57.7 Å². The number of carbonyl (C=O) groups excluding carboxylic acids is 1. The summed E-state index contributed by atoms with van der Waals surface area (Å²) in [6, 6.07) is 5.15. The summed E-state index contributed by atoms with van der Waals surface area (Å²) < 4.78 is 67.2. The van der Waals surface area contributed by atoms with Crippen LogP contribution >= 0.6 is 0 Å². The predicted octanol–water partition coefficient (Wildman–Crippen LogP) is 3.72. The third kappa shape index (κ3) is 4.69. The SMILES string of the molecule is COCCOc1nc(C(F)(F)F)ccc1-c1cc(F)cc(C(=O)OC)c1. The van der Waals surface area contributed by atoms with Crippen molar-refractivity contribution in [3.8, 4) is 17.0 Å². The highest BCUT2D eigenvalue weighted by Gasteiger charge is 2.33. The van der Waals surface area contributed by atoms with E-state index >= 15 is 0 Å². The lowest BCUT2D eigenvalue weighted by Gasteiger charge is -2.14. The highest BCUT2D eigenvalue weighted by molar-refractivity contribution is 5.91. The third-order valence-corrected chi connectivity index (χ3v) is 3.31. The smallest absolute Gasteiger partial charge is 0.433 e. The van der Waals surface area contributed by atoms with E-state index in [0.29, 0.717) is 0 Å². The fraction of sp³-hybridized carbons (Fsp3) is 0.294. The van der Waals surface area contributed by atoms with Gasteiger partial charge in [0.2, 0.25) is 5.88 Å². The number of rotatable bonds is 6. The molecule has 0 N–H and O–H groups in total. The number of alkyl halides is 3. The molecule has 9 heteroatoms.